The van der Waals surface area contributed by atoms with Gasteiger partial charge in [0.05, 0.1) is 12.1 Å². The number of urea groups is 1. The van der Waals surface area contributed by atoms with E-state index in [1.54, 1.807) is 12.3 Å². The van der Waals surface area contributed by atoms with Crippen LogP contribution in [-0.4, -0.2) is 34.8 Å². The van der Waals surface area contributed by atoms with Crippen LogP contribution in [0.5, 0.6) is 0 Å². The van der Waals surface area contributed by atoms with Crippen LogP contribution in [0.4, 0.5) is 4.79 Å². The van der Waals surface area contributed by atoms with Crippen molar-refractivity contribution in [3.8, 4) is 0 Å². The molecule has 0 aromatic carbocycles. The summed E-state index contributed by atoms with van der Waals surface area (Å²) in [5, 5.41) is 15.4. The Morgan fingerprint density at radius 2 is 2.25 bits per heavy atom. The number of nitrogens with zero attached hydrogens (tertiary/aromatic N) is 1. The lowest BCUT2D eigenvalue weighted by atomic mass is 9.98. The van der Waals surface area contributed by atoms with Gasteiger partial charge in [-0.25, -0.2) is 9.78 Å². The van der Waals surface area contributed by atoms with E-state index in [1.165, 1.54) is 0 Å². The molecule has 1 atom stereocenters. The molecule has 1 unspecified atom stereocenters. The van der Waals surface area contributed by atoms with Crippen molar-refractivity contribution in [2.75, 3.05) is 13.2 Å². The predicted molar refractivity (Wildman–Crippen MR) is 79.9 cm³/mol. The Labute approximate surface area is 124 Å². The highest BCUT2D eigenvalue weighted by atomic mass is 35.5. The number of hydrogen-bond acceptors (Lipinski definition) is 3. The molecule has 0 spiro atoms. The zero-order valence-electron chi connectivity index (χ0n) is 11.9. The Hall–Kier alpha value is -1.33. The van der Waals surface area contributed by atoms with Crippen LogP contribution in [0.2, 0.25) is 5.15 Å². The lowest BCUT2D eigenvalue weighted by Crippen LogP contribution is -2.52. The van der Waals surface area contributed by atoms with E-state index in [2.05, 4.69) is 15.6 Å². The molecule has 20 heavy (non-hydrogen) atoms. The standard InChI is InChI=1S/C14H22ClN3O2/c1-3-7-14(2,10-19)18-13(20)16-8-6-11-4-5-12(15)17-9-11/h4-5,9,19H,3,6-8,10H2,1-2H3,(H2,16,18,20). The minimum Gasteiger partial charge on any atom is -0.394 e. The molecule has 112 valence electrons. The van der Waals surface area contributed by atoms with Gasteiger partial charge < -0.3 is 15.7 Å². The van der Waals surface area contributed by atoms with E-state index in [0.717, 1.165) is 18.4 Å². The van der Waals surface area contributed by atoms with Crippen molar-refractivity contribution < 1.29 is 9.90 Å². The van der Waals surface area contributed by atoms with Crippen molar-refractivity contribution >= 4 is 17.6 Å². The predicted octanol–water partition coefficient (Wildman–Crippen LogP) is 2.13. The Morgan fingerprint density at radius 3 is 2.80 bits per heavy atom. The summed E-state index contributed by atoms with van der Waals surface area (Å²) in [5.41, 5.74) is 0.439. The van der Waals surface area contributed by atoms with E-state index in [-0.39, 0.29) is 12.6 Å². The summed E-state index contributed by atoms with van der Waals surface area (Å²) in [6.07, 6.45) is 4.00. The van der Waals surface area contributed by atoms with Crippen molar-refractivity contribution in [1.82, 2.24) is 15.6 Å². The zero-order valence-corrected chi connectivity index (χ0v) is 12.7. The molecule has 0 aliphatic rings. The molecule has 6 heteroatoms. The summed E-state index contributed by atoms with van der Waals surface area (Å²) >= 11 is 5.70. The molecule has 0 aliphatic carbocycles. The maximum Gasteiger partial charge on any atom is 0.315 e. The summed E-state index contributed by atoms with van der Waals surface area (Å²) in [6, 6.07) is 3.34. The van der Waals surface area contributed by atoms with E-state index >= 15 is 0 Å². The second kappa shape index (κ2) is 8.07. The minimum absolute atomic E-state index is 0.0740. The van der Waals surface area contributed by atoms with Gasteiger partial charge in [-0.3, -0.25) is 0 Å². The highest BCUT2D eigenvalue weighted by Gasteiger charge is 2.24. The fourth-order valence-electron chi connectivity index (χ4n) is 1.93. The summed E-state index contributed by atoms with van der Waals surface area (Å²) in [4.78, 5) is 15.7. The van der Waals surface area contributed by atoms with E-state index in [9.17, 15) is 9.90 Å². The van der Waals surface area contributed by atoms with E-state index < -0.39 is 5.54 Å². The lowest BCUT2D eigenvalue weighted by molar-refractivity contribution is 0.163. The maximum absolute atomic E-state index is 11.8. The van der Waals surface area contributed by atoms with Crippen LogP contribution in [0.3, 0.4) is 0 Å². The number of rotatable bonds is 7. The number of nitrogens with one attached hydrogen (secondary N) is 2. The van der Waals surface area contributed by atoms with E-state index in [4.69, 9.17) is 11.6 Å². The van der Waals surface area contributed by atoms with E-state index in [0.29, 0.717) is 18.1 Å². The normalized spacial score (nSPS) is 13.6. The first-order chi connectivity index (χ1) is 9.49. The van der Waals surface area contributed by atoms with Crippen molar-refractivity contribution in [2.45, 2.75) is 38.6 Å². The van der Waals surface area contributed by atoms with Crippen LogP contribution in [-0.2, 0) is 6.42 Å². The van der Waals surface area contributed by atoms with Gasteiger partial charge in [-0.2, -0.15) is 0 Å². The maximum atomic E-state index is 11.8. The molecular formula is C14H22ClN3O2. The van der Waals surface area contributed by atoms with Gasteiger partial charge in [-0.1, -0.05) is 31.0 Å². The van der Waals surface area contributed by atoms with Gasteiger partial charge in [0, 0.05) is 12.7 Å². The van der Waals surface area contributed by atoms with Crippen LogP contribution < -0.4 is 10.6 Å². The van der Waals surface area contributed by atoms with Crippen LogP contribution in [0.25, 0.3) is 0 Å². The summed E-state index contributed by atoms with van der Waals surface area (Å²) in [7, 11) is 0. The fourth-order valence-corrected chi connectivity index (χ4v) is 2.04. The quantitative estimate of drug-likeness (QED) is 0.675. The number of aliphatic hydroxyl groups is 1. The third-order valence-corrected chi connectivity index (χ3v) is 3.28. The van der Waals surface area contributed by atoms with Gasteiger partial charge in [-0.05, 0) is 31.4 Å². The van der Waals surface area contributed by atoms with Crippen molar-refractivity contribution in [3.63, 3.8) is 0 Å². The fraction of sp³-hybridized carbons (Fsp3) is 0.571. The number of aromatic nitrogens is 1. The van der Waals surface area contributed by atoms with Crippen molar-refractivity contribution in [3.05, 3.63) is 29.0 Å². The first-order valence-electron chi connectivity index (χ1n) is 6.76. The van der Waals surface area contributed by atoms with Crippen LogP contribution >= 0.6 is 11.6 Å². The van der Waals surface area contributed by atoms with Gasteiger partial charge in [0.1, 0.15) is 5.15 Å². The Bertz CT molecular complexity index is 425. The molecule has 1 aromatic heterocycles. The second-order valence-corrected chi connectivity index (χ2v) is 5.48. The summed E-state index contributed by atoms with van der Waals surface area (Å²) < 4.78 is 0. The molecule has 3 N–H and O–H groups in total. The number of pyridine rings is 1. The summed E-state index contributed by atoms with van der Waals surface area (Å²) in [5.74, 6) is 0. The van der Waals surface area contributed by atoms with Crippen LogP contribution in [0.15, 0.2) is 18.3 Å². The number of aliphatic hydroxyl groups excluding tert-OH is 1. The molecule has 0 fully saturated rings. The van der Waals surface area contributed by atoms with Crippen LogP contribution in [0.1, 0.15) is 32.3 Å². The highest BCUT2D eigenvalue weighted by molar-refractivity contribution is 6.29. The Kier molecular flexibility index (Phi) is 6.75. The molecule has 1 heterocycles. The molecule has 0 saturated carbocycles. The summed E-state index contributed by atoms with van der Waals surface area (Å²) in [6.45, 7) is 4.28. The van der Waals surface area contributed by atoms with Crippen molar-refractivity contribution in [1.29, 1.82) is 0 Å². The third-order valence-electron chi connectivity index (χ3n) is 3.05. The lowest BCUT2D eigenvalue weighted by Gasteiger charge is -2.28. The minimum atomic E-state index is -0.569. The zero-order chi connectivity index (χ0) is 15.0. The Balaban J connectivity index is 2.34. The largest absolute Gasteiger partial charge is 0.394 e. The average Bonchev–Trinajstić information content (AvgIpc) is 2.41. The highest BCUT2D eigenvalue weighted by Crippen LogP contribution is 2.10. The Morgan fingerprint density at radius 1 is 1.50 bits per heavy atom. The number of carbonyl (C=O) groups excluding carboxylic acids is 1. The number of carbonyl (C=O) groups is 1. The number of amides is 2. The first-order valence-corrected chi connectivity index (χ1v) is 7.14. The molecule has 1 rings (SSSR count). The van der Waals surface area contributed by atoms with E-state index in [1.807, 2.05) is 19.9 Å². The molecule has 0 radical (unpaired) electrons. The average molecular weight is 300 g/mol. The smallest absolute Gasteiger partial charge is 0.315 e. The van der Waals surface area contributed by atoms with Gasteiger partial charge in [-0.15, -0.1) is 0 Å². The molecular weight excluding hydrogens is 278 g/mol. The van der Waals surface area contributed by atoms with Gasteiger partial charge in [0.15, 0.2) is 0 Å². The molecule has 0 saturated heterocycles. The topological polar surface area (TPSA) is 74.2 Å². The number of halogens is 1. The first kappa shape index (κ1) is 16.7. The second-order valence-electron chi connectivity index (χ2n) is 5.09. The molecule has 1 aromatic rings. The van der Waals surface area contributed by atoms with Crippen molar-refractivity contribution in [2.24, 2.45) is 0 Å². The molecule has 2 amide bonds. The SMILES string of the molecule is CCCC(C)(CO)NC(=O)NCCc1ccc(Cl)nc1. The third kappa shape index (κ3) is 5.75. The molecule has 5 nitrogen and oxygen atoms in total. The van der Waals surface area contributed by atoms with Gasteiger partial charge >= 0.3 is 6.03 Å². The van der Waals surface area contributed by atoms with Gasteiger partial charge in [0.2, 0.25) is 0 Å². The van der Waals surface area contributed by atoms with Gasteiger partial charge in [0.25, 0.3) is 0 Å². The monoisotopic (exact) mass is 299 g/mol. The molecule has 0 aliphatic heterocycles. The molecule has 0 bridgehead atoms. The number of hydrogen-bond donors (Lipinski definition) is 3. The van der Waals surface area contributed by atoms with Crippen LogP contribution in [0, 0.1) is 0 Å².